The molecular weight excluding hydrogens is 318 g/mol. The SMILES string of the molecule is COc1ncc(C(=O)N2CCCC[C@H]2c2n[nH]c(C)n2)cc1Cl. The molecule has 0 saturated carbocycles. The van der Waals surface area contributed by atoms with Gasteiger partial charge in [0.15, 0.2) is 5.82 Å². The zero-order valence-corrected chi connectivity index (χ0v) is 13.8. The van der Waals surface area contributed by atoms with E-state index in [1.54, 1.807) is 11.0 Å². The number of ether oxygens (including phenoxy) is 1. The highest BCUT2D eigenvalue weighted by atomic mass is 35.5. The Balaban J connectivity index is 1.88. The molecule has 23 heavy (non-hydrogen) atoms. The van der Waals surface area contributed by atoms with E-state index in [2.05, 4.69) is 20.2 Å². The third kappa shape index (κ3) is 3.14. The summed E-state index contributed by atoms with van der Waals surface area (Å²) in [5.74, 6) is 1.59. The number of pyridine rings is 1. The van der Waals surface area contributed by atoms with Crippen molar-refractivity contribution in [2.75, 3.05) is 13.7 Å². The number of H-pyrrole nitrogens is 1. The highest BCUT2D eigenvalue weighted by Gasteiger charge is 2.31. The number of piperidine rings is 1. The van der Waals surface area contributed by atoms with Gasteiger partial charge in [-0.1, -0.05) is 11.6 Å². The third-order valence-electron chi connectivity index (χ3n) is 3.92. The van der Waals surface area contributed by atoms with Crippen molar-refractivity contribution in [3.8, 4) is 5.88 Å². The molecule has 0 aromatic carbocycles. The molecule has 1 N–H and O–H groups in total. The monoisotopic (exact) mass is 335 g/mol. The van der Waals surface area contributed by atoms with E-state index in [9.17, 15) is 4.79 Å². The number of nitrogens with one attached hydrogen (secondary N) is 1. The molecule has 0 unspecified atom stereocenters. The molecule has 8 heteroatoms. The Morgan fingerprint density at radius 3 is 2.96 bits per heavy atom. The second-order valence-corrected chi connectivity index (χ2v) is 5.91. The second kappa shape index (κ2) is 6.54. The van der Waals surface area contributed by atoms with Gasteiger partial charge in [-0.15, -0.1) is 0 Å². The van der Waals surface area contributed by atoms with Gasteiger partial charge in [0.05, 0.1) is 18.7 Å². The summed E-state index contributed by atoms with van der Waals surface area (Å²) >= 11 is 6.08. The van der Waals surface area contributed by atoms with Gasteiger partial charge in [0.2, 0.25) is 5.88 Å². The quantitative estimate of drug-likeness (QED) is 0.931. The van der Waals surface area contributed by atoms with E-state index in [0.29, 0.717) is 28.8 Å². The van der Waals surface area contributed by atoms with Crippen LogP contribution in [0.3, 0.4) is 0 Å². The zero-order chi connectivity index (χ0) is 16.4. The number of methoxy groups -OCH3 is 1. The Hall–Kier alpha value is -2.15. The minimum absolute atomic E-state index is 0.116. The lowest BCUT2D eigenvalue weighted by Crippen LogP contribution is -2.39. The van der Waals surface area contributed by atoms with E-state index in [1.807, 2.05) is 6.92 Å². The lowest BCUT2D eigenvalue weighted by atomic mass is 10.0. The number of nitrogens with zero attached hydrogens (tertiary/aromatic N) is 4. The number of likely N-dealkylation sites (tertiary alicyclic amines) is 1. The first-order valence-electron chi connectivity index (χ1n) is 7.49. The van der Waals surface area contributed by atoms with Gasteiger partial charge in [-0.25, -0.2) is 9.97 Å². The molecule has 3 rings (SSSR count). The first-order chi connectivity index (χ1) is 11.1. The van der Waals surface area contributed by atoms with Crippen molar-refractivity contribution >= 4 is 17.5 Å². The summed E-state index contributed by atoms with van der Waals surface area (Å²) in [7, 11) is 1.49. The van der Waals surface area contributed by atoms with Crippen molar-refractivity contribution in [2.45, 2.75) is 32.2 Å². The number of halogens is 1. The normalized spacial score (nSPS) is 18.0. The molecule has 1 aliphatic heterocycles. The van der Waals surface area contributed by atoms with Gasteiger partial charge in [0, 0.05) is 12.7 Å². The smallest absolute Gasteiger partial charge is 0.256 e. The predicted molar refractivity (Wildman–Crippen MR) is 84.5 cm³/mol. The van der Waals surface area contributed by atoms with E-state index in [1.165, 1.54) is 13.3 Å². The minimum Gasteiger partial charge on any atom is -0.480 e. The van der Waals surface area contributed by atoms with Gasteiger partial charge < -0.3 is 9.64 Å². The van der Waals surface area contributed by atoms with Crippen LogP contribution in [-0.2, 0) is 0 Å². The summed E-state index contributed by atoms with van der Waals surface area (Å²) in [6.07, 6.45) is 4.34. The van der Waals surface area contributed by atoms with Gasteiger partial charge in [-0.05, 0) is 32.3 Å². The maximum atomic E-state index is 12.9. The van der Waals surface area contributed by atoms with Crippen molar-refractivity contribution in [1.29, 1.82) is 0 Å². The largest absolute Gasteiger partial charge is 0.480 e. The third-order valence-corrected chi connectivity index (χ3v) is 4.19. The molecule has 1 atom stereocenters. The van der Waals surface area contributed by atoms with Crippen LogP contribution in [0, 0.1) is 6.92 Å². The Morgan fingerprint density at radius 2 is 2.30 bits per heavy atom. The molecule has 1 amide bonds. The molecule has 3 heterocycles. The standard InChI is InChI=1S/C15H18ClN5O2/c1-9-18-13(20-19-9)12-5-3-4-6-21(12)15(22)10-7-11(16)14(23-2)17-8-10/h7-8,12H,3-6H2,1-2H3,(H,18,19,20)/t12-/m0/s1. The number of carbonyl (C=O) groups is 1. The van der Waals surface area contributed by atoms with E-state index in [-0.39, 0.29) is 11.9 Å². The highest BCUT2D eigenvalue weighted by Crippen LogP contribution is 2.31. The van der Waals surface area contributed by atoms with Crippen molar-refractivity contribution in [3.05, 3.63) is 34.5 Å². The fourth-order valence-corrected chi connectivity index (χ4v) is 3.05. The number of carbonyl (C=O) groups excluding carboxylic acids is 1. The van der Waals surface area contributed by atoms with Crippen LogP contribution < -0.4 is 4.74 Å². The fourth-order valence-electron chi connectivity index (χ4n) is 2.81. The molecule has 0 aliphatic carbocycles. The van der Waals surface area contributed by atoms with Crippen LogP contribution in [0.5, 0.6) is 5.88 Å². The van der Waals surface area contributed by atoms with Crippen LogP contribution in [0.1, 0.15) is 47.3 Å². The second-order valence-electron chi connectivity index (χ2n) is 5.50. The van der Waals surface area contributed by atoms with Crippen molar-refractivity contribution in [3.63, 3.8) is 0 Å². The number of aryl methyl sites for hydroxylation is 1. The van der Waals surface area contributed by atoms with E-state index < -0.39 is 0 Å². The summed E-state index contributed by atoms with van der Waals surface area (Å²) in [6.45, 7) is 2.51. The maximum Gasteiger partial charge on any atom is 0.256 e. The molecule has 2 aromatic heterocycles. The highest BCUT2D eigenvalue weighted by molar-refractivity contribution is 6.32. The number of amides is 1. The molecule has 2 aromatic rings. The first kappa shape index (κ1) is 15.7. The number of aromatic nitrogens is 4. The number of rotatable bonds is 3. The van der Waals surface area contributed by atoms with Gasteiger partial charge in [0.1, 0.15) is 10.8 Å². The Bertz CT molecular complexity index is 718. The average molecular weight is 336 g/mol. The van der Waals surface area contributed by atoms with E-state index in [4.69, 9.17) is 16.3 Å². The molecule has 0 bridgehead atoms. The molecule has 1 saturated heterocycles. The lowest BCUT2D eigenvalue weighted by Gasteiger charge is -2.34. The summed E-state index contributed by atoms with van der Waals surface area (Å²) in [5, 5.41) is 7.38. The number of hydrogen-bond donors (Lipinski definition) is 1. The summed E-state index contributed by atoms with van der Waals surface area (Å²) < 4.78 is 5.03. The molecule has 0 spiro atoms. The first-order valence-corrected chi connectivity index (χ1v) is 7.87. The summed E-state index contributed by atoms with van der Waals surface area (Å²) in [6, 6.07) is 1.46. The van der Waals surface area contributed by atoms with Crippen molar-refractivity contribution in [1.82, 2.24) is 25.1 Å². The number of hydrogen-bond acceptors (Lipinski definition) is 5. The molecule has 7 nitrogen and oxygen atoms in total. The van der Waals surface area contributed by atoms with Crippen LogP contribution in [0.4, 0.5) is 0 Å². The van der Waals surface area contributed by atoms with Crippen LogP contribution in [0.25, 0.3) is 0 Å². The average Bonchev–Trinajstić information content (AvgIpc) is 3.00. The van der Waals surface area contributed by atoms with Gasteiger partial charge >= 0.3 is 0 Å². The minimum atomic E-state index is -0.123. The molecule has 122 valence electrons. The van der Waals surface area contributed by atoms with E-state index in [0.717, 1.165) is 25.1 Å². The van der Waals surface area contributed by atoms with Crippen LogP contribution in [0.15, 0.2) is 12.3 Å². The van der Waals surface area contributed by atoms with Crippen molar-refractivity contribution < 1.29 is 9.53 Å². The number of aromatic amines is 1. The van der Waals surface area contributed by atoms with Gasteiger partial charge in [-0.3, -0.25) is 9.89 Å². The molecular formula is C15H18ClN5O2. The fraction of sp³-hybridized carbons (Fsp3) is 0.467. The molecule has 0 radical (unpaired) electrons. The Labute approximate surface area is 139 Å². The van der Waals surface area contributed by atoms with Crippen molar-refractivity contribution in [2.24, 2.45) is 0 Å². The summed E-state index contributed by atoms with van der Waals surface area (Å²) in [5.41, 5.74) is 0.440. The topological polar surface area (TPSA) is 84.0 Å². The Kier molecular flexibility index (Phi) is 4.47. The molecule has 1 aliphatic rings. The van der Waals surface area contributed by atoms with Crippen LogP contribution in [-0.4, -0.2) is 44.6 Å². The maximum absolute atomic E-state index is 12.9. The zero-order valence-electron chi connectivity index (χ0n) is 13.0. The molecule has 1 fully saturated rings. The van der Waals surface area contributed by atoms with Gasteiger partial charge in [-0.2, -0.15) is 5.10 Å². The van der Waals surface area contributed by atoms with E-state index >= 15 is 0 Å². The van der Waals surface area contributed by atoms with Crippen LogP contribution in [0.2, 0.25) is 5.02 Å². The predicted octanol–water partition coefficient (Wildman–Crippen LogP) is 2.54. The van der Waals surface area contributed by atoms with Crippen LogP contribution >= 0.6 is 11.6 Å². The Morgan fingerprint density at radius 1 is 1.48 bits per heavy atom. The van der Waals surface area contributed by atoms with Gasteiger partial charge in [0.25, 0.3) is 5.91 Å². The summed E-state index contributed by atoms with van der Waals surface area (Å²) in [4.78, 5) is 23.1. The lowest BCUT2D eigenvalue weighted by molar-refractivity contribution is 0.0600.